The lowest BCUT2D eigenvalue weighted by Crippen LogP contribution is -2.17. The van der Waals surface area contributed by atoms with Crippen molar-refractivity contribution in [3.8, 4) is 0 Å². The molecule has 0 aliphatic carbocycles. The van der Waals surface area contributed by atoms with Crippen molar-refractivity contribution in [2.24, 2.45) is 4.99 Å². The van der Waals surface area contributed by atoms with Gasteiger partial charge in [-0.1, -0.05) is 29.8 Å². The Kier molecular flexibility index (Phi) is 3.95. The quantitative estimate of drug-likeness (QED) is 0.620. The zero-order valence-corrected chi connectivity index (χ0v) is 12.4. The molecule has 0 N–H and O–H groups in total. The van der Waals surface area contributed by atoms with Gasteiger partial charge < -0.3 is 4.74 Å². The topological polar surface area (TPSA) is 38.7 Å². The average Bonchev–Trinajstić information content (AvgIpc) is 2.53. The van der Waals surface area contributed by atoms with Crippen molar-refractivity contribution in [3.63, 3.8) is 0 Å². The summed E-state index contributed by atoms with van der Waals surface area (Å²) in [6, 6.07) is 12.8. The Labute approximate surface area is 132 Å². The highest BCUT2D eigenvalue weighted by atomic mass is 35.5. The second-order valence-electron chi connectivity index (χ2n) is 4.63. The van der Waals surface area contributed by atoms with Crippen molar-refractivity contribution in [2.75, 3.05) is 0 Å². The molecular formula is C16H11Cl2NO2. The number of benzene rings is 2. The van der Waals surface area contributed by atoms with E-state index in [1.165, 1.54) is 0 Å². The van der Waals surface area contributed by atoms with Crippen LogP contribution in [0.2, 0.25) is 5.02 Å². The minimum absolute atomic E-state index is 0.397. The molecule has 5 heteroatoms. The van der Waals surface area contributed by atoms with Gasteiger partial charge in [0.1, 0.15) is 0 Å². The van der Waals surface area contributed by atoms with Crippen LogP contribution in [0.3, 0.4) is 0 Å². The van der Waals surface area contributed by atoms with Crippen molar-refractivity contribution >= 4 is 41.1 Å². The largest absolute Gasteiger partial charge is 0.461 e. The predicted octanol–water partition coefficient (Wildman–Crippen LogP) is 4.43. The second-order valence-corrected chi connectivity index (χ2v) is 5.33. The Morgan fingerprint density at radius 1 is 1.24 bits per heavy atom. The molecule has 0 spiro atoms. The molecule has 1 aliphatic rings. The smallest absolute Gasteiger partial charge is 0.222 e. The summed E-state index contributed by atoms with van der Waals surface area (Å²) in [6.45, 7) is 0. The van der Waals surface area contributed by atoms with Gasteiger partial charge >= 0.3 is 0 Å². The summed E-state index contributed by atoms with van der Waals surface area (Å²) in [5.74, 6) is 0.800. The predicted molar refractivity (Wildman–Crippen MR) is 83.5 cm³/mol. The number of fused-ring (bicyclic) bond motifs is 1. The van der Waals surface area contributed by atoms with Crippen LogP contribution in [-0.4, -0.2) is 12.2 Å². The Bertz CT molecular complexity index is 728. The summed E-state index contributed by atoms with van der Waals surface area (Å²) >= 11 is 11.8. The van der Waals surface area contributed by atoms with Gasteiger partial charge in [-0.2, -0.15) is 0 Å². The molecule has 0 saturated carbocycles. The Balaban J connectivity index is 2.09. The highest BCUT2D eigenvalue weighted by molar-refractivity contribution is 6.30. The summed E-state index contributed by atoms with van der Waals surface area (Å²) < 4.78 is 5.68. The van der Waals surface area contributed by atoms with E-state index in [4.69, 9.17) is 27.9 Å². The van der Waals surface area contributed by atoms with Crippen LogP contribution >= 0.6 is 23.2 Å². The zero-order chi connectivity index (χ0) is 14.8. The van der Waals surface area contributed by atoms with Gasteiger partial charge in [-0.25, -0.2) is 4.99 Å². The molecule has 0 radical (unpaired) electrons. The highest BCUT2D eigenvalue weighted by Gasteiger charge is 2.24. The van der Waals surface area contributed by atoms with Crippen molar-refractivity contribution in [3.05, 3.63) is 64.2 Å². The standard InChI is InChI=1S/C16H11Cl2NO2/c17-8-10-2-1-3-11(6-10)16-19-14-7-12(18)4-5-13(14)15(9-20)21-16/h1-7,9,15H,8H2. The molecule has 21 heavy (non-hydrogen) atoms. The first-order chi connectivity index (χ1) is 10.2. The molecule has 0 aromatic heterocycles. The fourth-order valence-electron chi connectivity index (χ4n) is 2.19. The molecule has 1 atom stereocenters. The van der Waals surface area contributed by atoms with Crippen LogP contribution in [0.25, 0.3) is 0 Å². The molecule has 1 unspecified atom stereocenters. The van der Waals surface area contributed by atoms with Gasteiger partial charge in [0.15, 0.2) is 12.4 Å². The second kappa shape index (κ2) is 5.88. The van der Waals surface area contributed by atoms with Gasteiger partial charge in [-0.15, -0.1) is 11.6 Å². The highest BCUT2D eigenvalue weighted by Crippen LogP contribution is 2.35. The molecule has 0 bridgehead atoms. The Morgan fingerprint density at radius 3 is 2.86 bits per heavy atom. The van der Waals surface area contributed by atoms with E-state index in [9.17, 15) is 4.79 Å². The number of carbonyl (C=O) groups is 1. The fourth-order valence-corrected chi connectivity index (χ4v) is 2.53. The molecule has 3 rings (SSSR count). The number of alkyl halides is 1. The minimum Gasteiger partial charge on any atom is -0.461 e. The molecule has 106 valence electrons. The van der Waals surface area contributed by atoms with Gasteiger partial charge in [-0.3, -0.25) is 4.79 Å². The number of ether oxygens (including phenoxy) is 1. The summed E-state index contributed by atoms with van der Waals surface area (Å²) in [5.41, 5.74) is 3.11. The SMILES string of the molecule is O=CC1OC(c2cccc(CCl)c2)=Nc2cc(Cl)ccc21. The number of halogens is 2. The van der Waals surface area contributed by atoms with Gasteiger partial charge in [-0.05, 0) is 29.8 Å². The molecule has 0 amide bonds. The van der Waals surface area contributed by atoms with E-state index >= 15 is 0 Å². The minimum atomic E-state index is -0.676. The molecule has 3 nitrogen and oxygen atoms in total. The molecule has 1 aliphatic heterocycles. The monoisotopic (exact) mass is 319 g/mol. The van der Waals surface area contributed by atoms with Gasteiger partial charge in [0.05, 0.1) is 5.69 Å². The first kappa shape index (κ1) is 14.1. The molecule has 2 aromatic carbocycles. The number of carbonyl (C=O) groups excluding carboxylic acids is 1. The van der Waals surface area contributed by atoms with Crippen molar-refractivity contribution < 1.29 is 9.53 Å². The summed E-state index contributed by atoms with van der Waals surface area (Å²) in [6.07, 6.45) is 0.0803. The van der Waals surface area contributed by atoms with E-state index in [2.05, 4.69) is 4.99 Å². The maximum absolute atomic E-state index is 11.3. The zero-order valence-electron chi connectivity index (χ0n) is 10.9. The Morgan fingerprint density at radius 2 is 2.10 bits per heavy atom. The van der Waals surface area contributed by atoms with E-state index in [-0.39, 0.29) is 0 Å². The lowest BCUT2D eigenvalue weighted by Gasteiger charge is -2.22. The number of hydrogen-bond acceptors (Lipinski definition) is 3. The van der Waals surface area contributed by atoms with Crippen LogP contribution in [0.15, 0.2) is 47.5 Å². The first-order valence-corrected chi connectivity index (χ1v) is 7.28. The van der Waals surface area contributed by atoms with Gasteiger partial charge in [0.2, 0.25) is 5.90 Å². The van der Waals surface area contributed by atoms with Crippen molar-refractivity contribution in [2.45, 2.75) is 12.0 Å². The number of aldehydes is 1. The van der Waals surface area contributed by atoms with E-state index in [0.29, 0.717) is 28.1 Å². The van der Waals surface area contributed by atoms with E-state index in [0.717, 1.165) is 17.4 Å². The van der Waals surface area contributed by atoms with Crippen LogP contribution in [0, 0.1) is 0 Å². The number of hydrogen-bond donors (Lipinski definition) is 0. The normalized spacial score (nSPS) is 16.7. The van der Waals surface area contributed by atoms with Crippen molar-refractivity contribution in [1.82, 2.24) is 0 Å². The lowest BCUT2D eigenvalue weighted by atomic mass is 10.1. The van der Waals surface area contributed by atoms with E-state index in [1.807, 2.05) is 24.3 Å². The summed E-state index contributed by atoms with van der Waals surface area (Å²) in [5, 5.41) is 0.568. The maximum Gasteiger partial charge on any atom is 0.222 e. The third-order valence-corrected chi connectivity index (χ3v) is 3.76. The van der Waals surface area contributed by atoms with E-state index < -0.39 is 6.10 Å². The number of nitrogens with zero attached hydrogens (tertiary/aromatic N) is 1. The average molecular weight is 320 g/mol. The summed E-state index contributed by atoms with van der Waals surface area (Å²) in [4.78, 5) is 15.7. The third kappa shape index (κ3) is 2.80. The van der Waals surface area contributed by atoms with Gasteiger partial charge in [0, 0.05) is 22.0 Å². The fraction of sp³-hybridized carbons (Fsp3) is 0.125. The van der Waals surface area contributed by atoms with Gasteiger partial charge in [0.25, 0.3) is 0 Å². The van der Waals surface area contributed by atoms with Crippen LogP contribution in [0.1, 0.15) is 22.8 Å². The van der Waals surface area contributed by atoms with Crippen LogP contribution in [0.5, 0.6) is 0 Å². The molecule has 2 aromatic rings. The molecule has 0 fully saturated rings. The number of rotatable bonds is 3. The number of aliphatic imine (C=N–C) groups is 1. The van der Waals surface area contributed by atoms with E-state index in [1.54, 1.807) is 18.2 Å². The summed E-state index contributed by atoms with van der Waals surface area (Å²) in [7, 11) is 0. The molecular weight excluding hydrogens is 309 g/mol. The van der Waals surface area contributed by atoms with Crippen LogP contribution < -0.4 is 0 Å². The lowest BCUT2D eigenvalue weighted by molar-refractivity contribution is -0.114. The van der Waals surface area contributed by atoms with Crippen molar-refractivity contribution in [1.29, 1.82) is 0 Å². The van der Waals surface area contributed by atoms with Crippen LogP contribution in [0.4, 0.5) is 5.69 Å². The first-order valence-electron chi connectivity index (χ1n) is 6.36. The Hall–Kier alpha value is -1.84. The maximum atomic E-state index is 11.3. The van der Waals surface area contributed by atoms with Crippen LogP contribution in [-0.2, 0) is 15.4 Å². The molecule has 1 heterocycles. The molecule has 0 saturated heterocycles. The third-order valence-electron chi connectivity index (χ3n) is 3.21.